The van der Waals surface area contributed by atoms with Crippen LogP contribution in [0, 0.1) is 25.5 Å². The molecule has 0 bridgehead atoms. The number of aromatic nitrogens is 2. The first-order chi connectivity index (χ1) is 12.9. The predicted molar refractivity (Wildman–Crippen MR) is 95.3 cm³/mol. The number of rotatable bonds is 3. The number of amides is 1. The summed E-state index contributed by atoms with van der Waals surface area (Å²) in [6.07, 6.45) is 0.130. The number of nitrogens with zero attached hydrogens (tertiary/aromatic N) is 3. The Labute approximate surface area is 154 Å². The zero-order valence-electron chi connectivity index (χ0n) is 14.9. The van der Waals surface area contributed by atoms with E-state index in [1.54, 1.807) is 0 Å². The topological polar surface area (TPSA) is 59.2 Å². The lowest BCUT2D eigenvalue weighted by atomic mass is 10.1. The zero-order chi connectivity index (χ0) is 19.1. The second-order valence-corrected chi connectivity index (χ2v) is 6.78. The summed E-state index contributed by atoms with van der Waals surface area (Å²) in [6, 6.07) is 9.09. The molecule has 2 heterocycles. The van der Waals surface area contributed by atoms with Crippen molar-refractivity contribution in [2.75, 3.05) is 11.4 Å². The van der Waals surface area contributed by atoms with E-state index in [9.17, 15) is 13.6 Å². The maximum absolute atomic E-state index is 14.0. The SMILES string of the molecule is Cc1ccc(-c2noc(C3CC(=O)N(c4ccc(F)cc4F)C3)n2)c(C)c1. The molecular weight excluding hydrogens is 352 g/mol. The van der Waals surface area contributed by atoms with Crippen molar-refractivity contribution in [3.8, 4) is 11.4 Å². The van der Waals surface area contributed by atoms with Crippen molar-refractivity contribution in [2.45, 2.75) is 26.2 Å². The van der Waals surface area contributed by atoms with Gasteiger partial charge in [0.15, 0.2) is 0 Å². The number of carbonyl (C=O) groups is 1. The highest BCUT2D eigenvalue weighted by atomic mass is 19.1. The van der Waals surface area contributed by atoms with Gasteiger partial charge in [-0.1, -0.05) is 28.9 Å². The molecule has 0 spiro atoms. The molecular formula is C20H17F2N3O2. The number of hydrogen-bond donors (Lipinski definition) is 0. The van der Waals surface area contributed by atoms with Gasteiger partial charge in [-0.3, -0.25) is 4.79 Å². The first-order valence-electron chi connectivity index (χ1n) is 8.59. The molecule has 1 aliphatic rings. The van der Waals surface area contributed by atoms with Gasteiger partial charge >= 0.3 is 0 Å². The van der Waals surface area contributed by atoms with Crippen LogP contribution in [0.4, 0.5) is 14.5 Å². The summed E-state index contributed by atoms with van der Waals surface area (Å²) in [5.41, 5.74) is 3.08. The third-order valence-electron chi connectivity index (χ3n) is 4.74. The molecule has 1 unspecified atom stereocenters. The van der Waals surface area contributed by atoms with Crippen LogP contribution in [-0.2, 0) is 4.79 Å². The lowest BCUT2D eigenvalue weighted by Crippen LogP contribution is -2.25. The van der Waals surface area contributed by atoms with E-state index in [-0.39, 0.29) is 30.5 Å². The molecule has 2 aromatic carbocycles. The Balaban J connectivity index is 1.59. The van der Waals surface area contributed by atoms with Crippen LogP contribution in [0.3, 0.4) is 0 Å². The highest BCUT2D eigenvalue weighted by Crippen LogP contribution is 2.33. The first-order valence-corrected chi connectivity index (χ1v) is 8.59. The molecule has 138 valence electrons. The molecule has 1 atom stereocenters. The molecule has 0 saturated carbocycles. The Hall–Kier alpha value is -3.09. The number of anilines is 1. The van der Waals surface area contributed by atoms with Crippen molar-refractivity contribution < 1.29 is 18.1 Å². The van der Waals surface area contributed by atoms with Crippen molar-refractivity contribution in [1.29, 1.82) is 0 Å². The predicted octanol–water partition coefficient (Wildman–Crippen LogP) is 4.15. The number of hydrogen-bond acceptors (Lipinski definition) is 4. The summed E-state index contributed by atoms with van der Waals surface area (Å²) in [7, 11) is 0. The molecule has 7 heteroatoms. The largest absolute Gasteiger partial charge is 0.339 e. The summed E-state index contributed by atoms with van der Waals surface area (Å²) >= 11 is 0. The minimum atomic E-state index is -0.773. The van der Waals surface area contributed by atoms with Crippen LogP contribution in [0.1, 0.15) is 29.4 Å². The number of halogens is 2. The standard InChI is InChI=1S/C20H17F2N3O2/c1-11-3-5-15(12(2)7-11)19-23-20(27-24-19)13-8-18(26)25(10-13)17-6-4-14(21)9-16(17)22/h3-7,9,13H,8,10H2,1-2H3. The van der Waals surface area contributed by atoms with Crippen molar-refractivity contribution in [2.24, 2.45) is 0 Å². The van der Waals surface area contributed by atoms with Crippen molar-refractivity contribution in [3.05, 3.63) is 65.1 Å². The average Bonchev–Trinajstić information content (AvgIpc) is 3.22. The van der Waals surface area contributed by atoms with Crippen molar-refractivity contribution in [3.63, 3.8) is 0 Å². The van der Waals surface area contributed by atoms with Crippen LogP contribution in [0.5, 0.6) is 0 Å². The lowest BCUT2D eigenvalue weighted by molar-refractivity contribution is -0.117. The number of benzene rings is 2. The van der Waals surface area contributed by atoms with Crippen LogP contribution in [0.15, 0.2) is 40.9 Å². The summed E-state index contributed by atoms with van der Waals surface area (Å²) < 4.78 is 32.5. The van der Waals surface area contributed by atoms with Crippen molar-refractivity contribution in [1.82, 2.24) is 10.1 Å². The Morgan fingerprint density at radius 2 is 1.96 bits per heavy atom. The molecule has 27 heavy (non-hydrogen) atoms. The molecule has 0 aliphatic carbocycles. The van der Waals surface area contributed by atoms with Crippen LogP contribution in [-0.4, -0.2) is 22.6 Å². The van der Waals surface area contributed by atoms with Gasteiger partial charge < -0.3 is 9.42 Å². The van der Waals surface area contributed by atoms with Crippen LogP contribution in [0.25, 0.3) is 11.4 Å². The van der Waals surface area contributed by atoms with E-state index < -0.39 is 11.6 Å². The van der Waals surface area contributed by atoms with E-state index in [0.717, 1.165) is 28.8 Å². The fraction of sp³-hybridized carbons (Fsp3) is 0.250. The quantitative estimate of drug-likeness (QED) is 0.696. The third kappa shape index (κ3) is 3.20. The second-order valence-electron chi connectivity index (χ2n) is 6.78. The molecule has 0 radical (unpaired) electrons. The van der Waals surface area contributed by atoms with Gasteiger partial charge in [0, 0.05) is 24.6 Å². The van der Waals surface area contributed by atoms with Gasteiger partial charge in [-0.2, -0.15) is 4.98 Å². The first kappa shape index (κ1) is 17.3. The van der Waals surface area contributed by atoms with E-state index in [1.165, 1.54) is 11.0 Å². The fourth-order valence-electron chi connectivity index (χ4n) is 3.38. The van der Waals surface area contributed by atoms with Crippen molar-refractivity contribution >= 4 is 11.6 Å². The molecule has 1 saturated heterocycles. The summed E-state index contributed by atoms with van der Waals surface area (Å²) in [4.78, 5) is 18.1. The minimum absolute atomic E-state index is 0.0537. The van der Waals surface area contributed by atoms with Gasteiger partial charge in [0.1, 0.15) is 11.6 Å². The van der Waals surface area contributed by atoms with E-state index >= 15 is 0 Å². The molecule has 5 nitrogen and oxygen atoms in total. The number of carbonyl (C=O) groups excluding carboxylic acids is 1. The Morgan fingerprint density at radius 3 is 2.70 bits per heavy atom. The monoisotopic (exact) mass is 369 g/mol. The van der Waals surface area contributed by atoms with E-state index in [2.05, 4.69) is 10.1 Å². The summed E-state index contributed by atoms with van der Waals surface area (Å²) in [5.74, 6) is -1.27. The average molecular weight is 369 g/mol. The second kappa shape index (κ2) is 6.57. The maximum atomic E-state index is 14.0. The summed E-state index contributed by atoms with van der Waals surface area (Å²) in [6.45, 7) is 4.18. The van der Waals surface area contributed by atoms with Gasteiger partial charge in [0.25, 0.3) is 0 Å². The highest BCUT2D eigenvalue weighted by molar-refractivity contribution is 5.96. The third-order valence-corrected chi connectivity index (χ3v) is 4.74. The molecule has 0 N–H and O–H groups in total. The van der Waals surface area contributed by atoms with Crippen LogP contribution in [0.2, 0.25) is 0 Å². The molecule has 1 aliphatic heterocycles. The smallest absolute Gasteiger partial charge is 0.232 e. The molecule has 1 aromatic heterocycles. The fourth-order valence-corrected chi connectivity index (χ4v) is 3.38. The highest BCUT2D eigenvalue weighted by Gasteiger charge is 2.36. The molecule has 1 fully saturated rings. The minimum Gasteiger partial charge on any atom is -0.339 e. The molecule has 1 amide bonds. The number of aryl methyl sites for hydroxylation is 2. The zero-order valence-corrected chi connectivity index (χ0v) is 14.9. The molecule has 3 aromatic rings. The van der Waals surface area contributed by atoms with E-state index in [4.69, 9.17) is 4.52 Å². The van der Waals surface area contributed by atoms with Gasteiger partial charge in [-0.25, -0.2) is 8.78 Å². The van der Waals surface area contributed by atoms with E-state index in [1.807, 2.05) is 32.0 Å². The van der Waals surface area contributed by atoms with Gasteiger partial charge in [0.2, 0.25) is 17.6 Å². The Morgan fingerprint density at radius 1 is 1.15 bits per heavy atom. The Kier molecular flexibility index (Phi) is 4.22. The normalized spacial score (nSPS) is 17.0. The molecule has 4 rings (SSSR count). The maximum Gasteiger partial charge on any atom is 0.232 e. The lowest BCUT2D eigenvalue weighted by Gasteiger charge is -2.16. The van der Waals surface area contributed by atoms with Crippen LogP contribution >= 0.6 is 0 Å². The van der Waals surface area contributed by atoms with E-state index in [0.29, 0.717) is 11.7 Å². The van der Waals surface area contributed by atoms with Gasteiger partial charge in [-0.15, -0.1) is 0 Å². The van der Waals surface area contributed by atoms with Crippen LogP contribution < -0.4 is 4.90 Å². The Bertz CT molecular complexity index is 1030. The van der Waals surface area contributed by atoms with Gasteiger partial charge in [0.05, 0.1) is 11.6 Å². The summed E-state index contributed by atoms with van der Waals surface area (Å²) in [5, 5.41) is 4.03. The van der Waals surface area contributed by atoms with Gasteiger partial charge in [-0.05, 0) is 31.5 Å².